The first-order chi connectivity index (χ1) is 14.9. The minimum atomic E-state index is -0.146. The largest absolute Gasteiger partial charge is 0.325 e. The molecule has 1 N–H and O–H groups in total. The van der Waals surface area contributed by atoms with Gasteiger partial charge in [-0.2, -0.15) is 0 Å². The summed E-state index contributed by atoms with van der Waals surface area (Å²) in [5.41, 5.74) is 5.26. The molecule has 0 spiro atoms. The van der Waals surface area contributed by atoms with Gasteiger partial charge < -0.3 is 5.32 Å². The molecule has 0 aliphatic heterocycles. The van der Waals surface area contributed by atoms with Crippen LogP contribution < -0.4 is 10.9 Å². The average Bonchev–Trinajstić information content (AvgIpc) is 2.76. The molecule has 6 heteroatoms. The number of rotatable bonds is 5. The van der Waals surface area contributed by atoms with Gasteiger partial charge in [0.15, 0.2) is 5.16 Å². The fraction of sp³-hybridized carbons (Fsp3) is 0.160. The van der Waals surface area contributed by atoms with Crippen LogP contribution >= 0.6 is 11.8 Å². The van der Waals surface area contributed by atoms with E-state index < -0.39 is 0 Å². The molecular formula is C25H23N3O2S. The van der Waals surface area contributed by atoms with Gasteiger partial charge in [0.25, 0.3) is 5.56 Å². The maximum Gasteiger partial charge on any atom is 0.266 e. The Kier molecular flexibility index (Phi) is 5.91. The van der Waals surface area contributed by atoms with Gasteiger partial charge in [0, 0.05) is 5.69 Å². The van der Waals surface area contributed by atoms with Crippen molar-refractivity contribution >= 4 is 34.3 Å². The van der Waals surface area contributed by atoms with Gasteiger partial charge in [0.05, 0.1) is 22.3 Å². The monoisotopic (exact) mass is 429 g/mol. The molecule has 4 rings (SSSR count). The molecular weight excluding hydrogens is 406 g/mol. The summed E-state index contributed by atoms with van der Waals surface area (Å²) in [6, 6.07) is 20.8. The van der Waals surface area contributed by atoms with Gasteiger partial charge in [0.1, 0.15) is 0 Å². The Morgan fingerprint density at radius 2 is 1.68 bits per heavy atom. The number of fused-ring (bicyclic) bond motifs is 1. The van der Waals surface area contributed by atoms with Crippen molar-refractivity contribution in [3.8, 4) is 5.69 Å². The summed E-state index contributed by atoms with van der Waals surface area (Å²) < 4.78 is 1.60. The van der Waals surface area contributed by atoms with Crippen LogP contribution in [0, 0.1) is 20.8 Å². The molecule has 0 unspecified atom stereocenters. The molecule has 0 fully saturated rings. The fourth-order valence-electron chi connectivity index (χ4n) is 3.38. The van der Waals surface area contributed by atoms with E-state index in [2.05, 4.69) is 5.32 Å². The van der Waals surface area contributed by atoms with Crippen LogP contribution in [-0.4, -0.2) is 21.2 Å². The normalized spacial score (nSPS) is 10.9. The second kappa shape index (κ2) is 8.78. The Morgan fingerprint density at radius 1 is 0.935 bits per heavy atom. The Bertz CT molecular complexity index is 1340. The first-order valence-corrected chi connectivity index (χ1v) is 11.0. The second-order valence-corrected chi connectivity index (χ2v) is 8.42. The molecule has 0 atom stereocenters. The number of para-hydroxylation sites is 2. The van der Waals surface area contributed by atoms with Crippen molar-refractivity contribution in [1.29, 1.82) is 0 Å². The highest BCUT2D eigenvalue weighted by Crippen LogP contribution is 2.23. The number of hydrogen-bond donors (Lipinski definition) is 1. The summed E-state index contributed by atoms with van der Waals surface area (Å²) in [5.74, 6) is -0.00386. The van der Waals surface area contributed by atoms with Gasteiger partial charge in [-0.3, -0.25) is 14.2 Å². The number of thioether (sulfide) groups is 1. The highest BCUT2D eigenvalue weighted by molar-refractivity contribution is 7.99. The van der Waals surface area contributed by atoms with Crippen LogP contribution in [0.4, 0.5) is 5.69 Å². The lowest BCUT2D eigenvalue weighted by atomic mass is 10.1. The first kappa shape index (κ1) is 20.9. The quantitative estimate of drug-likeness (QED) is 0.356. The number of carbonyl (C=O) groups excluding carboxylic acids is 1. The number of nitrogens with zero attached hydrogens (tertiary/aromatic N) is 2. The number of amides is 1. The highest BCUT2D eigenvalue weighted by atomic mass is 32.2. The van der Waals surface area contributed by atoms with Gasteiger partial charge in [-0.25, -0.2) is 4.98 Å². The molecule has 5 nitrogen and oxygen atoms in total. The van der Waals surface area contributed by atoms with Crippen LogP contribution in [0.3, 0.4) is 0 Å². The van der Waals surface area contributed by atoms with Crippen LogP contribution in [0.1, 0.15) is 16.7 Å². The Labute approximate surface area is 185 Å². The van der Waals surface area contributed by atoms with Crippen molar-refractivity contribution in [1.82, 2.24) is 9.55 Å². The summed E-state index contributed by atoms with van der Waals surface area (Å²) >= 11 is 1.25. The number of anilines is 1. The lowest BCUT2D eigenvalue weighted by Gasteiger charge is -2.15. The molecule has 1 heterocycles. The maximum atomic E-state index is 13.3. The zero-order chi connectivity index (χ0) is 22.0. The number of hydrogen-bond acceptors (Lipinski definition) is 4. The van der Waals surface area contributed by atoms with Crippen molar-refractivity contribution in [2.24, 2.45) is 0 Å². The van der Waals surface area contributed by atoms with E-state index in [4.69, 9.17) is 4.98 Å². The molecule has 0 aliphatic carbocycles. The SMILES string of the molecule is Cc1ccc(NC(=O)CSc2nc3ccccc3c(=O)n2-c2ccccc2C)cc1C. The van der Waals surface area contributed by atoms with Crippen molar-refractivity contribution < 1.29 is 4.79 Å². The van der Waals surface area contributed by atoms with Crippen LogP contribution in [0.5, 0.6) is 0 Å². The van der Waals surface area contributed by atoms with Crippen LogP contribution in [-0.2, 0) is 4.79 Å². The summed E-state index contributed by atoms with van der Waals surface area (Å²) in [4.78, 5) is 30.6. The van der Waals surface area contributed by atoms with Crippen molar-refractivity contribution in [2.75, 3.05) is 11.1 Å². The number of carbonyl (C=O) groups is 1. The number of aromatic nitrogens is 2. The van der Waals surface area contributed by atoms with E-state index in [1.165, 1.54) is 17.3 Å². The Morgan fingerprint density at radius 3 is 2.45 bits per heavy atom. The zero-order valence-corrected chi connectivity index (χ0v) is 18.5. The van der Waals surface area contributed by atoms with E-state index in [0.29, 0.717) is 16.1 Å². The van der Waals surface area contributed by atoms with E-state index in [-0.39, 0.29) is 17.2 Å². The third-order valence-corrected chi connectivity index (χ3v) is 6.16. The van der Waals surface area contributed by atoms with Crippen LogP contribution in [0.25, 0.3) is 16.6 Å². The van der Waals surface area contributed by atoms with Gasteiger partial charge in [0.2, 0.25) is 5.91 Å². The van der Waals surface area contributed by atoms with Crippen molar-refractivity contribution in [3.05, 3.63) is 93.8 Å². The van der Waals surface area contributed by atoms with E-state index >= 15 is 0 Å². The highest BCUT2D eigenvalue weighted by Gasteiger charge is 2.16. The molecule has 0 radical (unpaired) electrons. The number of aryl methyl sites for hydroxylation is 3. The van der Waals surface area contributed by atoms with Gasteiger partial charge in [-0.1, -0.05) is 48.2 Å². The molecule has 0 saturated heterocycles. The topological polar surface area (TPSA) is 64.0 Å². The van der Waals surface area contributed by atoms with Crippen LogP contribution in [0.2, 0.25) is 0 Å². The average molecular weight is 430 g/mol. The maximum absolute atomic E-state index is 13.3. The molecule has 3 aromatic carbocycles. The van der Waals surface area contributed by atoms with E-state index in [1.54, 1.807) is 10.6 Å². The van der Waals surface area contributed by atoms with E-state index in [1.807, 2.05) is 81.4 Å². The molecule has 1 aromatic heterocycles. The summed E-state index contributed by atoms with van der Waals surface area (Å²) in [7, 11) is 0. The summed E-state index contributed by atoms with van der Waals surface area (Å²) in [5, 5.41) is 3.97. The zero-order valence-electron chi connectivity index (χ0n) is 17.7. The van der Waals surface area contributed by atoms with E-state index in [0.717, 1.165) is 22.5 Å². The Balaban J connectivity index is 1.67. The smallest absolute Gasteiger partial charge is 0.266 e. The third kappa shape index (κ3) is 4.39. The third-order valence-electron chi connectivity index (χ3n) is 5.22. The minimum absolute atomic E-state index is 0.142. The van der Waals surface area contributed by atoms with Crippen LogP contribution in [0.15, 0.2) is 76.7 Å². The van der Waals surface area contributed by atoms with Crippen molar-refractivity contribution in [2.45, 2.75) is 25.9 Å². The Hall–Kier alpha value is -3.38. The minimum Gasteiger partial charge on any atom is -0.325 e. The lowest BCUT2D eigenvalue weighted by molar-refractivity contribution is -0.113. The van der Waals surface area contributed by atoms with Gasteiger partial charge in [-0.15, -0.1) is 0 Å². The van der Waals surface area contributed by atoms with Gasteiger partial charge in [-0.05, 0) is 67.8 Å². The molecule has 0 saturated carbocycles. The number of benzene rings is 3. The summed E-state index contributed by atoms with van der Waals surface area (Å²) in [6.07, 6.45) is 0. The standard InChI is InChI=1S/C25H23N3O2S/c1-16-12-13-19(14-18(16)3)26-23(29)15-31-25-27-21-10-6-5-9-20(21)24(30)28(25)22-11-7-4-8-17(22)2/h4-14H,15H2,1-3H3,(H,26,29). The van der Waals surface area contributed by atoms with Gasteiger partial charge >= 0.3 is 0 Å². The molecule has 31 heavy (non-hydrogen) atoms. The molecule has 156 valence electrons. The first-order valence-electron chi connectivity index (χ1n) is 10.0. The lowest BCUT2D eigenvalue weighted by Crippen LogP contribution is -2.23. The van der Waals surface area contributed by atoms with E-state index in [9.17, 15) is 9.59 Å². The molecule has 0 bridgehead atoms. The predicted octanol–water partition coefficient (Wildman–Crippen LogP) is 5.04. The fourth-order valence-corrected chi connectivity index (χ4v) is 4.19. The molecule has 4 aromatic rings. The predicted molar refractivity (Wildman–Crippen MR) is 127 cm³/mol. The molecule has 1 amide bonds. The summed E-state index contributed by atoms with van der Waals surface area (Å²) in [6.45, 7) is 6.00. The van der Waals surface area contributed by atoms with Crippen molar-refractivity contribution in [3.63, 3.8) is 0 Å². The second-order valence-electron chi connectivity index (χ2n) is 7.47. The molecule has 0 aliphatic rings. The number of nitrogens with one attached hydrogen (secondary N) is 1.